The van der Waals surface area contributed by atoms with Gasteiger partial charge in [-0.1, -0.05) is 30.3 Å². The molecule has 2 heterocycles. The van der Waals surface area contributed by atoms with Crippen molar-refractivity contribution in [2.75, 3.05) is 18.9 Å². The molecule has 0 fully saturated rings. The first-order chi connectivity index (χ1) is 15.8. The van der Waals surface area contributed by atoms with Gasteiger partial charge in [0.25, 0.3) is 5.91 Å². The second kappa shape index (κ2) is 9.33. The summed E-state index contributed by atoms with van der Waals surface area (Å²) in [6.45, 7) is 3.65. The maximum Gasteiger partial charge on any atom is 0.293 e. The smallest absolute Gasteiger partial charge is 0.293 e. The number of amides is 2. The first kappa shape index (κ1) is 22.3. The van der Waals surface area contributed by atoms with Gasteiger partial charge in [-0.05, 0) is 54.6 Å². The van der Waals surface area contributed by atoms with Gasteiger partial charge in [0.1, 0.15) is 5.82 Å². The number of likely N-dealkylation sites (N-methyl/N-ethyl adjacent to an activating group) is 1. The fourth-order valence-corrected chi connectivity index (χ4v) is 4.10. The Kier molecular flexibility index (Phi) is 6.32. The van der Waals surface area contributed by atoms with Crippen LogP contribution in [0.25, 0.3) is 16.4 Å². The summed E-state index contributed by atoms with van der Waals surface area (Å²) in [7, 11) is 1.51. The van der Waals surface area contributed by atoms with E-state index in [0.29, 0.717) is 11.5 Å². The van der Waals surface area contributed by atoms with Gasteiger partial charge in [0.05, 0.1) is 17.1 Å². The Bertz CT molecular complexity index is 1300. The van der Waals surface area contributed by atoms with Crippen molar-refractivity contribution in [3.05, 3.63) is 82.7 Å². The minimum atomic E-state index is -0.514. The van der Waals surface area contributed by atoms with Gasteiger partial charge < -0.3 is 10.2 Å². The number of nitrogens with zero attached hydrogens (tertiary/aromatic N) is 4. The number of aryl methyl sites for hydroxylation is 2. The molecule has 0 saturated carbocycles. The van der Waals surface area contributed by atoms with Crippen molar-refractivity contribution in [1.29, 1.82) is 0 Å². The molecule has 0 aliphatic rings. The number of nitrogens with one attached hydrogen (secondary N) is 1. The van der Waals surface area contributed by atoms with Gasteiger partial charge >= 0.3 is 0 Å². The van der Waals surface area contributed by atoms with Crippen LogP contribution < -0.4 is 5.32 Å². The highest BCUT2D eigenvalue weighted by Gasteiger charge is 2.23. The number of halogens is 1. The maximum atomic E-state index is 13.8. The second-order valence-electron chi connectivity index (χ2n) is 7.60. The highest BCUT2D eigenvalue weighted by atomic mass is 32.1. The molecule has 2 amide bonds. The highest BCUT2D eigenvalue weighted by molar-refractivity contribution is 7.13. The Morgan fingerprint density at radius 2 is 1.82 bits per heavy atom. The van der Waals surface area contributed by atoms with Crippen LogP contribution in [-0.4, -0.2) is 45.1 Å². The fourth-order valence-electron chi connectivity index (χ4n) is 3.40. The number of aromatic nitrogens is 3. The van der Waals surface area contributed by atoms with E-state index in [0.717, 1.165) is 21.7 Å². The molecule has 4 rings (SSSR count). The summed E-state index contributed by atoms with van der Waals surface area (Å²) in [4.78, 5) is 32.1. The minimum Gasteiger partial charge on any atom is -0.330 e. The number of carbonyl (C=O) groups excluding carboxylic acids is 2. The van der Waals surface area contributed by atoms with Crippen LogP contribution in [0.5, 0.6) is 0 Å². The topological polar surface area (TPSA) is 80.1 Å². The SMILES string of the molecule is Cc1cccc(C)c1NC(=O)CN(C)C(=O)c1nc(-c2cccs2)n(-c2cccc(F)c2)n1. The number of benzene rings is 2. The number of hydrogen-bond donors (Lipinski definition) is 1. The highest BCUT2D eigenvalue weighted by Crippen LogP contribution is 2.26. The Morgan fingerprint density at radius 1 is 1.09 bits per heavy atom. The molecule has 33 heavy (non-hydrogen) atoms. The molecule has 0 aliphatic heterocycles. The average Bonchev–Trinajstić information content (AvgIpc) is 3.45. The Balaban J connectivity index is 1.57. The van der Waals surface area contributed by atoms with Crippen LogP contribution in [0.4, 0.5) is 10.1 Å². The lowest BCUT2D eigenvalue weighted by Crippen LogP contribution is -2.35. The number of para-hydroxylation sites is 1. The molecular formula is C24H22FN5O2S. The predicted molar refractivity (Wildman–Crippen MR) is 126 cm³/mol. The van der Waals surface area contributed by atoms with Gasteiger partial charge in [0.15, 0.2) is 5.82 Å². The molecule has 0 spiro atoms. The van der Waals surface area contributed by atoms with E-state index in [9.17, 15) is 14.0 Å². The molecule has 7 nitrogen and oxygen atoms in total. The summed E-state index contributed by atoms with van der Waals surface area (Å²) in [5, 5.41) is 9.09. The van der Waals surface area contributed by atoms with Crippen molar-refractivity contribution in [3.63, 3.8) is 0 Å². The summed E-state index contributed by atoms with van der Waals surface area (Å²) in [6, 6.07) is 15.3. The number of rotatable bonds is 6. The van der Waals surface area contributed by atoms with Crippen LogP contribution in [0.1, 0.15) is 21.7 Å². The first-order valence-corrected chi connectivity index (χ1v) is 11.1. The summed E-state index contributed by atoms with van der Waals surface area (Å²) in [5.74, 6) is -0.920. The third-order valence-corrected chi connectivity index (χ3v) is 5.93. The number of carbonyl (C=O) groups is 2. The monoisotopic (exact) mass is 463 g/mol. The standard InChI is InChI=1S/C24H22FN5O2S/c1-15-7-4-8-16(2)21(15)26-20(31)14-29(3)24(32)22-27-23(19-11-6-12-33-19)30(28-22)18-10-5-9-17(25)13-18/h4-13H,14H2,1-3H3,(H,26,31). The Hall–Kier alpha value is -3.85. The third-order valence-electron chi connectivity index (χ3n) is 5.07. The summed E-state index contributed by atoms with van der Waals surface area (Å²) < 4.78 is 15.3. The molecule has 0 atom stereocenters. The van der Waals surface area contributed by atoms with Gasteiger partial charge in [-0.3, -0.25) is 9.59 Å². The van der Waals surface area contributed by atoms with Crippen LogP contribution in [0.2, 0.25) is 0 Å². The van der Waals surface area contributed by atoms with Crippen LogP contribution in [0.15, 0.2) is 60.0 Å². The van der Waals surface area contributed by atoms with Gasteiger partial charge in [-0.2, -0.15) is 0 Å². The van der Waals surface area contributed by atoms with Gasteiger partial charge in [0.2, 0.25) is 11.7 Å². The van der Waals surface area contributed by atoms with E-state index in [1.54, 1.807) is 12.1 Å². The minimum absolute atomic E-state index is 0.0787. The van der Waals surface area contributed by atoms with E-state index >= 15 is 0 Å². The Labute approximate surface area is 194 Å². The van der Waals surface area contributed by atoms with E-state index < -0.39 is 11.7 Å². The van der Waals surface area contributed by atoms with E-state index in [2.05, 4.69) is 15.4 Å². The number of thiophene rings is 1. The molecule has 4 aromatic rings. The van der Waals surface area contributed by atoms with E-state index in [1.165, 1.54) is 40.1 Å². The zero-order valence-corrected chi connectivity index (χ0v) is 19.2. The van der Waals surface area contributed by atoms with E-state index in [-0.39, 0.29) is 18.3 Å². The quantitative estimate of drug-likeness (QED) is 0.458. The summed E-state index contributed by atoms with van der Waals surface area (Å²) in [5.41, 5.74) is 3.05. The van der Waals surface area contributed by atoms with Gasteiger partial charge in [-0.25, -0.2) is 14.1 Å². The lowest BCUT2D eigenvalue weighted by molar-refractivity contribution is -0.116. The molecule has 1 N–H and O–H groups in total. The fraction of sp³-hybridized carbons (Fsp3) is 0.167. The lowest BCUT2D eigenvalue weighted by atomic mass is 10.1. The molecule has 168 valence electrons. The molecule has 9 heteroatoms. The molecule has 0 bridgehead atoms. The average molecular weight is 464 g/mol. The summed E-state index contributed by atoms with van der Waals surface area (Å²) in [6.07, 6.45) is 0. The van der Waals surface area contributed by atoms with Crippen molar-refractivity contribution >= 4 is 28.8 Å². The second-order valence-corrected chi connectivity index (χ2v) is 8.55. The largest absolute Gasteiger partial charge is 0.330 e. The van der Waals surface area contributed by atoms with E-state index in [1.807, 2.05) is 49.6 Å². The zero-order chi connectivity index (χ0) is 23.5. The van der Waals surface area contributed by atoms with Gasteiger partial charge in [-0.15, -0.1) is 16.4 Å². The predicted octanol–water partition coefficient (Wildman–Crippen LogP) is 4.46. The molecular weight excluding hydrogens is 441 g/mol. The van der Waals surface area contributed by atoms with Crippen LogP contribution in [0.3, 0.4) is 0 Å². The third kappa shape index (κ3) is 4.83. The van der Waals surface area contributed by atoms with Crippen molar-refractivity contribution in [1.82, 2.24) is 19.7 Å². The normalized spacial score (nSPS) is 10.8. The zero-order valence-electron chi connectivity index (χ0n) is 18.4. The van der Waals surface area contributed by atoms with Crippen LogP contribution >= 0.6 is 11.3 Å². The maximum absolute atomic E-state index is 13.8. The van der Waals surface area contributed by atoms with Crippen molar-refractivity contribution < 1.29 is 14.0 Å². The lowest BCUT2D eigenvalue weighted by Gasteiger charge is -2.16. The molecule has 2 aromatic carbocycles. The molecule has 0 unspecified atom stereocenters. The summed E-state index contributed by atoms with van der Waals surface area (Å²) >= 11 is 1.43. The Morgan fingerprint density at radius 3 is 2.48 bits per heavy atom. The number of hydrogen-bond acceptors (Lipinski definition) is 5. The van der Waals surface area contributed by atoms with Crippen LogP contribution in [0, 0.1) is 19.7 Å². The van der Waals surface area contributed by atoms with Crippen molar-refractivity contribution in [2.24, 2.45) is 0 Å². The molecule has 0 aliphatic carbocycles. The van der Waals surface area contributed by atoms with Gasteiger partial charge in [0, 0.05) is 12.7 Å². The molecule has 0 radical (unpaired) electrons. The first-order valence-electron chi connectivity index (χ1n) is 10.2. The van der Waals surface area contributed by atoms with Crippen LogP contribution in [-0.2, 0) is 4.79 Å². The van der Waals surface area contributed by atoms with Crippen molar-refractivity contribution in [2.45, 2.75) is 13.8 Å². The molecule has 0 saturated heterocycles. The van der Waals surface area contributed by atoms with E-state index in [4.69, 9.17) is 0 Å². The number of anilines is 1. The van der Waals surface area contributed by atoms with Crippen molar-refractivity contribution in [3.8, 4) is 16.4 Å². The molecule has 2 aromatic heterocycles.